The van der Waals surface area contributed by atoms with Crippen molar-refractivity contribution in [3.05, 3.63) is 29.3 Å². The van der Waals surface area contributed by atoms with Gasteiger partial charge in [-0.25, -0.2) is 4.68 Å². The Kier molecular flexibility index (Phi) is 3.00. The predicted octanol–water partition coefficient (Wildman–Crippen LogP) is 0.115. The maximum atomic E-state index is 8.88. The van der Waals surface area contributed by atoms with Gasteiger partial charge in [0.25, 0.3) is 0 Å². The van der Waals surface area contributed by atoms with Crippen LogP contribution < -0.4 is 0 Å². The Hall–Kier alpha value is -1.69. The van der Waals surface area contributed by atoms with Crippen LogP contribution in [0.3, 0.4) is 0 Å². The highest BCUT2D eigenvalue weighted by atomic mass is 16.3. The molecule has 86 valence electrons. The van der Waals surface area contributed by atoms with Gasteiger partial charge in [0.15, 0.2) is 0 Å². The number of nitrogens with zero attached hydrogens (tertiary/aromatic N) is 5. The van der Waals surface area contributed by atoms with Crippen molar-refractivity contribution in [2.45, 2.75) is 26.5 Å². The molecule has 0 saturated carbocycles. The van der Waals surface area contributed by atoms with E-state index in [0.29, 0.717) is 12.2 Å². The van der Waals surface area contributed by atoms with Crippen molar-refractivity contribution in [2.24, 2.45) is 7.05 Å². The van der Waals surface area contributed by atoms with Crippen molar-refractivity contribution >= 4 is 0 Å². The Bertz CT molecular complexity index is 473. The Balaban J connectivity index is 2.16. The summed E-state index contributed by atoms with van der Waals surface area (Å²) < 4.78 is 3.54. The summed E-state index contributed by atoms with van der Waals surface area (Å²) in [6, 6.07) is 2.06. The average Bonchev–Trinajstić information content (AvgIpc) is 2.87. The fraction of sp³-hybridized carbons (Fsp3) is 0.500. The second-order valence-electron chi connectivity index (χ2n) is 3.67. The fourth-order valence-corrected chi connectivity index (χ4v) is 1.55. The van der Waals surface area contributed by atoms with Gasteiger partial charge in [-0.15, -0.1) is 5.10 Å². The van der Waals surface area contributed by atoms with E-state index in [4.69, 9.17) is 5.11 Å². The predicted molar refractivity (Wildman–Crippen MR) is 57.6 cm³/mol. The van der Waals surface area contributed by atoms with Crippen LogP contribution in [0.2, 0.25) is 0 Å². The summed E-state index contributed by atoms with van der Waals surface area (Å²) in [7, 11) is 1.92. The minimum atomic E-state index is -0.0778. The SMILES string of the molecule is CCc1cc(Cn2cc(CO)nn2)n(C)n1. The Morgan fingerprint density at radius 2 is 2.19 bits per heavy atom. The quantitative estimate of drug-likeness (QED) is 0.796. The van der Waals surface area contributed by atoms with Crippen LogP contribution in [-0.2, 0) is 26.6 Å². The van der Waals surface area contributed by atoms with Gasteiger partial charge in [0, 0.05) is 7.05 Å². The summed E-state index contributed by atoms with van der Waals surface area (Å²) in [6.45, 7) is 2.62. The number of aliphatic hydroxyl groups is 1. The molecule has 0 radical (unpaired) electrons. The van der Waals surface area contributed by atoms with Gasteiger partial charge in [0.05, 0.1) is 30.7 Å². The number of aliphatic hydroxyl groups excluding tert-OH is 1. The third-order valence-electron chi connectivity index (χ3n) is 2.46. The molecule has 0 atom stereocenters. The molecular weight excluding hydrogens is 206 g/mol. The largest absolute Gasteiger partial charge is 0.390 e. The third-order valence-corrected chi connectivity index (χ3v) is 2.46. The molecule has 0 amide bonds. The summed E-state index contributed by atoms with van der Waals surface area (Å²) >= 11 is 0. The fourth-order valence-electron chi connectivity index (χ4n) is 1.55. The molecule has 0 aliphatic heterocycles. The van der Waals surface area contributed by atoms with Crippen LogP contribution in [0.5, 0.6) is 0 Å². The van der Waals surface area contributed by atoms with Gasteiger partial charge in [0.2, 0.25) is 0 Å². The van der Waals surface area contributed by atoms with Crippen LogP contribution in [0.4, 0.5) is 0 Å². The molecule has 0 spiro atoms. The normalized spacial score (nSPS) is 10.9. The average molecular weight is 221 g/mol. The van der Waals surface area contributed by atoms with Crippen LogP contribution >= 0.6 is 0 Å². The van der Waals surface area contributed by atoms with Gasteiger partial charge in [-0.2, -0.15) is 5.10 Å². The molecule has 16 heavy (non-hydrogen) atoms. The van der Waals surface area contributed by atoms with Crippen LogP contribution in [0, 0.1) is 0 Å². The first-order valence-electron chi connectivity index (χ1n) is 5.24. The minimum absolute atomic E-state index is 0.0778. The molecule has 0 aliphatic rings. The molecule has 2 rings (SSSR count). The topological polar surface area (TPSA) is 68.8 Å². The van der Waals surface area contributed by atoms with E-state index in [9.17, 15) is 0 Å². The minimum Gasteiger partial charge on any atom is -0.390 e. The van der Waals surface area contributed by atoms with Crippen LogP contribution in [-0.4, -0.2) is 29.9 Å². The van der Waals surface area contributed by atoms with E-state index in [1.165, 1.54) is 0 Å². The zero-order chi connectivity index (χ0) is 11.5. The highest BCUT2D eigenvalue weighted by Gasteiger charge is 2.06. The molecule has 6 nitrogen and oxygen atoms in total. The number of aryl methyl sites for hydroxylation is 2. The molecular formula is C10H15N5O. The molecule has 0 fully saturated rings. The first-order chi connectivity index (χ1) is 7.72. The molecule has 0 bridgehead atoms. The second-order valence-corrected chi connectivity index (χ2v) is 3.67. The molecule has 2 aromatic heterocycles. The van der Waals surface area contributed by atoms with Crippen molar-refractivity contribution in [3.63, 3.8) is 0 Å². The molecule has 0 saturated heterocycles. The number of aromatic nitrogens is 5. The van der Waals surface area contributed by atoms with E-state index in [2.05, 4.69) is 28.4 Å². The standard InChI is InChI=1S/C10H15N5O/c1-3-8-4-10(14(2)12-8)6-15-5-9(7-16)11-13-15/h4-5,16H,3,6-7H2,1-2H3. The van der Waals surface area contributed by atoms with E-state index < -0.39 is 0 Å². The van der Waals surface area contributed by atoms with E-state index in [1.54, 1.807) is 10.9 Å². The molecule has 0 aromatic carbocycles. The van der Waals surface area contributed by atoms with Gasteiger partial charge in [-0.05, 0) is 12.5 Å². The van der Waals surface area contributed by atoms with Crippen LogP contribution in [0.25, 0.3) is 0 Å². The second kappa shape index (κ2) is 4.44. The summed E-state index contributed by atoms with van der Waals surface area (Å²) in [5.41, 5.74) is 2.73. The maximum Gasteiger partial charge on any atom is 0.108 e. The highest BCUT2D eigenvalue weighted by Crippen LogP contribution is 2.05. The van der Waals surface area contributed by atoms with E-state index >= 15 is 0 Å². The number of hydrogen-bond donors (Lipinski definition) is 1. The lowest BCUT2D eigenvalue weighted by atomic mass is 10.3. The van der Waals surface area contributed by atoms with E-state index in [1.807, 2.05) is 11.7 Å². The molecule has 6 heteroatoms. The Morgan fingerprint density at radius 1 is 1.38 bits per heavy atom. The first-order valence-corrected chi connectivity index (χ1v) is 5.24. The lowest BCUT2D eigenvalue weighted by molar-refractivity contribution is 0.276. The highest BCUT2D eigenvalue weighted by molar-refractivity contribution is 5.10. The summed E-state index contributed by atoms with van der Waals surface area (Å²) in [5, 5.41) is 21.0. The van der Waals surface area contributed by atoms with Gasteiger partial charge in [-0.3, -0.25) is 4.68 Å². The monoisotopic (exact) mass is 221 g/mol. The Morgan fingerprint density at radius 3 is 2.75 bits per heavy atom. The van der Waals surface area contributed by atoms with Crippen molar-refractivity contribution < 1.29 is 5.11 Å². The van der Waals surface area contributed by atoms with Gasteiger partial charge in [0.1, 0.15) is 5.69 Å². The summed E-state index contributed by atoms with van der Waals surface area (Å²) in [6.07, 6.45) is 2.66. The summed E-state index contributed by atoms with van der Waals surface area (Å²) in [5.74, 6) is 0. The van der Waals surface area contributed by atoms with Crippen LogP contribution in [0.1, 0.15) is 24.0 Å². The van der Waals surface area contributed by atoms with E-state index in [-0.39, 0.29) is 6.61 Å². The number of rotatable bonds is 4. The van der Waals surface area contributed by atoms with Crippen molar-refractivity contribution in [1.82, 2.24) is 24.8 Å². The Labute approximate surface area is 93.5 Å². The van der Waals surface area contributed by atoms with Crippen LogP contribution in [0.15, 0.2) is 12.3 Å². The molecule has 2 aromatic rings. The first kappa shape index (κ1) is 10.8. The van der Waals surface area contributed by atoms with Gasteiger partial charge in [-0.1, -0.05) is 12.1 Å². The molecule has 2 heterocycles. The van der Waals surface area contributed by atoms with Crippen molar-refractivity contribution in [1.29, 1.82) is 0 Å². The molecule has 0 unspecified atom stereocenters. The smallest absolute Gasteiger partial charge is 0.108 e. The summed E-state index contributed by atoms with van der Waals surface area (Å²) in [4.78, 5) is 0. The van der Waals surface area contributed by atoms with Gasteiger partial charge >= 0.3 is 0 Å². The molecule has 0 aliphatic carbocycles. The third kappa shape index (κ3) is 2.11. The zero-order valence-electron chi connectivity index (χ0n) is 9.46. The molecule has 1 N–H and O–H groups in total. The number of hydrogen-bond acceptors (Lipinski definition) is 4. The lowest BCUT2D eigenvalue weighted by Crippen LogP contribution is -2.06. The van der Waals surface area contributed by atoms with E-state index in [0.717, 1.165) is 17.8 Å². The van der Waals surface area contributed by atoms with Gasteiger partial charge < -0.3 is 5.11 Å². The van der Waals surface area contributed by atoms with Crippen molar-refractivity contribution in [2.75, 3.05) is 0 Å². The maximum absolute atomic E-state index is 8.88. The lowest BCUT2D eigenvalue weighted by Gasteiger charge is -2.00. The zero-order valence-corrected chi connectivity index (χ0v) is 9.46. The van der Waals surface area contributed by atoms with Crippen molar-refractivity contribution in [3.8, 4) is 0 Å².